The predicted octanol–water partition coefficient (Wildman–Crippen LogP) is 1.07. The second-order valence-electron chi connectivity index (χ2n) is 7.00. The Labute approximate surface area is 156 Å². The van der Waals surface area contributed by atoms with Gasteiger partial charge < -0.3 is 19.9 Å². The molecule has 2 amide bonds. The highest BCUT2D eigenvalue weighted by molar-refractivity contribution is 5.86. The molecule has 1 aromatic carbocycles. The van der Waals surface area contributed by atoms with Crippen LogP contribution in [0, 0.1) is 5.92 Å². The van der Waals surface area contributed by atoms with Gasteiger partial charge in [0, 0.05) is 0 Å². The van der Waals surface area contributed by atoms with Gasteiger partial charge >= 0.3 is 6.09 Å². The number of hydrogen-bond donors (Lipinski definition) is 2. The molecule has 1 aliphatic heterocycles. The van der Waals surface area contributed by atoms with E-state index in [1.165, 1.54) is 4.90 Å². The Hall–Kier alpha value is -2.08. The van der Waals surface area contributed by atoms with Gasteiger partial charge in [-0.3, -0.25) is 4.79 Å². The largest absolute Gasteiger partial charge is 0.445 e. The Balaban J connectivity index is 1.91. The van der Waals surface area contributed by atoms with Crippen LogP contribution in [0.5, 0.6) is 0 Å². The Morgan fingerprint density at radius 2 is 1.85 bits per heavy atom. The number of amides is 2. The molecule has 0 bridgehead atoms. The van der Waals surface area contributed by atoms with Gasteiger partial charge in [-0.25, -0.2) is 4.79 Å². The first-order valence-electron chi connectivity index (χ1n) is 9.64. The summed E-state index contributed by atoms with van der Waals surface area (Å²) < 4.78 is 5.30. The van der Waals surface area contributed by atoms with Crippen molar-refractivity contribution in [1.82, 2.24) is 10.2 Å². The van der Waals surface area contributed by atoms with Gasteiger partial charge in [0.15, 0.2) is 0 Å². The van der Waals surface area contributed by atoms with Crippen molar-refractivity contribution in [1.29, 1.82) is 0 Å². The van der Waals surface area contributed by atoms with E-state index in [0.717, 1.165) is 44.7 Å². The van der Waals surface area contributed by atoms with E-state index in [2.05, 4.69) is 12.2 Å². The monoisotopic (exact) mass is 362 g/mol. The van der Waals surface area contributed by atoms with Crippen molar-refractivity contribution in [2.45, 2.75) is 39.8 Å². The van der Waals surface area contributed by atoms with Gasteiger partial charge in [-0.15, -0.1) is 0 Å². The van der Waals surface area contributed by atoms with Crippen LogP contribution in [0.1, 0.15) is 32.8 Å². The summed E-state index contributed by atoms with van der Waals surface area (Å²) in [7, 11) is 0. The van der Waals surface area contributed by atoms with E-state index in [1.54, 1.807) is 0 Å². The number of carbonyl (C=O) groups excluding carboxylic acids is 2. The zero-order valence-electron chi connectivity index (χ0n) is 16.2. The Kier molecular flexibility index (Phi) is 7.91. The summed E-state index contributed by atoms with van der Waals surface area (Å²) in [6, 6.07) is 8.99. The molecule has 0 spiro atoms. The average Bonchev–Trinajstić information content (AvgIpc) is 2.70. The molecule has 1 saturated heterocycles. The fourth-order valence-corrected chi connectivity index (χ4v) is 3.17. The lowest BCUT2D eigenvalue weighted by Crippen LogP contribution is -3.14. The number of hydrogen-bond acceptors (Lipinski definition) is 3. The predicted molar refractivity (Wildman–Crippen MR) is 101 cm³/mol. The molecule has 2 N–H and O–H groups in total. The van der Waals surface area contributed by atoms with E-state index in [-0.39, 0.29) is 18.4 Å². The highest BCUT2D eigenvalue weighted by atomic mass is 16.5. The summed E-state index contributed by atoms with van der Waals surface area (Å²) in [4.78, 5) is 28.6. The maximum absolute atomic E-state index is 12.9. The zero-order chi connectivity index (χ0) is 18.9. The average molecular weight is 362 g/mol. The summed E-state index contributed by atoms with van der Waals surface area (Å²) >= 11 is 0. The van der Waals surface area contributed by atoms with E-state index in [9.17, 15) is 9.59 Å². The van der Waals surface area contributed by atoms with Gasteiger partial charge in [0.1, 0.15) is 12.6 Å². The van der Waals surface area contributed by atoms with Gasteiger partial charge in [-0.05, 0) is 18.4 Å². The van der Waals surface area contributed by atoms with Crippen molar-refractivity contribution in [3.8, 4) is 0 Å². The molecular formula is C20H32N3O3+. The first-order valence-corrected chi connectivity index (χ1v) is 9.64. The van der Waals surface area contributed by atoms with Crippen LogP contribution in [0.25, 0.3) is 0 Å². The van der Waals surface area contributed by atoms with Crippen LogP contribution < -0.4 is 10.2 Å². The Bertz CT molecular complexity index is 571. The molecule has 0 radical (unpaired) electrons. The van der Waals surface area contributed by atoms with Gasteiger partial charge in [0.05, 0.1) is 32.7 Å². The molecule has 0 aliphatic carbocycles. The SMILES string of the molecule is CC[C@@H](C)[C@H](NC(=O)OCc1ccccc1)C(=O)N1CC[NH+](CC)CC1. The highest BCUT2D eigenvalue weighted by Crippen LogP contribution is 2.12. The molecule has 2 rings (SSSR count). The smallest absolute Gasteiger partial charge is 0.408 e. The molecule has 2 atom stereocenters. The molecule has 1 heterocycles. The van der Waals surface area contributed by atoms with Crippen LogP contribution in [0.3, 0.4) is 0 Å². The third-order valence-corrected chi connectivity index (χ3v) is 5.25. The van der Waals surface area contributed by atoms with E-state index in [4.69, 9.17) is 4.74 Å². The molecule has 1 aromatic rings. The third-order valence-electron chi connectivity index (χ3n) is 5.25. The topological polar surface area (TPSA) is 63.1 Å². The number of likely N-dealkylation sites (N-methyl/N-ethyl adjacent to an activating group) is 1. The van der Waals surface area contributed by atoms with Gasteiger partial charge in [-0.1, -0.05) is 50.6 Å². The summed E-state index contributed by atoms with van der Waals surface area (Å²) in [5.41, 5.74) is 0.924. The summed E-state index contributed by atoms with van der Waals surface area (Å²) in [5.74, 6) is 0.0643. The summed E-state index contributed by atoms with van der Waals surface area (Å²) in [5, 5.41) is 2.80. The summed E-state index contributed by atoms with van der Waals surface area (Å²) in [6.45, 7) is 10.9. The molecule has 1 aliphatic rings. The minimum atomic E-state index is -0.537. The second-order valence-corrected chi connectivity index (χ2v) is 7.00. The number of quaternary nitrogens is 1. The number of ether oxygens (including phenoxy) is 1. The van der Waals surface area contributed by atoms with Crippen molar-refractivity contribution >= 4 is 12.0 Å². The van der Waals surface area contributed by atoms with E-state index >= 15 is 0 Å². The zero-order valence-corrected chi connectivity index (χ0v) is 16.2. The summed E-state index contributed by atoms with van der Waals surface area (Å²) in [6.07, 6.45) is 0.278. The molecular weight excluding hydrogens is 330 g/mol. The van der Waals surface area contributed by atoms with Crippen molar-refractivity contribution in [2.75, 3.05) is 32.7 Å². The second kappa shape index (κ2) is 10.2. The molecule has 1 fully saturated rings. The van der Waals surface area contributed by atoms with E-state index in [0.29, 0.717) is 0 Å². The van der Waals surface area contributed by atoms with E-state index < -0.39 is 12.1 Å². The Morgan fingerprint density at radius 3 is 2.42 bits per heavy atom. The highest BCUT2D eigenvalue weighted by Gasteiger charge is 2.32. The number of alkyl carbamates (subject to hydrolysis) is 1. The lowest BCUT2D eigenvalue weighted by atomic mass is 9.97. The molecule has 6 nitrogen and oxygen atoms in total. The van der Waals surface area contributed by atoms with Crippen LogP contribution in [0.15, 0.2) is 30.3 Å². The van der Waals surface area contributed by atoms with Crippen LogP contribution >= 0.6 is 0 Å². The van der Waals surface area contributed by atoms with Crippen molar-refractivity contribution < 1.29 is 19.2 Å². The minimum Gasteiger partial charge on any atom is -0.445 e. The van der Waals surface area contributed by atoms with Crippen molar-refractivity contribution in [2.24, 2.45) is 5.92 Å². The first-order chi connectivity index (χ1) is 12.5. The van der Waals surface area contributed by atoms with Gasteiger partial charge in [-0.2, -0.15) is 0 Å². The molecule has 26 heavy (non-hydrogen) atoms. The normalized spacial score (nSPS) is 17.4. The fourth-order valence-electron chi connectivity index (χ4n) is 3.17. The lowest BCUT2D eigenvalue weighted by molar-refractivity contribution is -0.902. The number of nitrogens with zero attached hydrogens (tertiary/aromatic N) is 1. The number of nitrogens with one attached hydrogen (secondary N) is 2. The molecule has 0 aromatic heterocycles. The van der Waals surface area contributed by atoms with Crippen LogP contribution in [0.2, 0.25) is 0 Å². The third kappa shape index (κ3) is 5.73. The first kappa shape index (κ1) is 20.2. The van der Waals surface area contributed by atoms with E-state index in [1.807, 2.05) is 49.1 Å². The van der Waals surface area contributed by atoms with Gasteiger partial charge in [0.25, 0.3) is 0 Å². The number of carbonyl (C=O) groups is 2. The van der Waals surface area contributed by atoms with Crippen LogP contribution in [0.4, 0.5) is 4.79 Å². The fraction of sp³-hybridized carbons (Fsp3) is 0.600. The lowest BCUT2D eigenvalue weighted by Gasteiger charge is -2.35. The molecule has 6 heteroatoms. The standard InChI is InChI=1S/C20H31N3O3/c1-4-16(3)18(19(24)23-13-11-22(5-2)12-14-23)21-20(25)26-15-17-9-7-6-8-10-17/h6-10,16,18H,4-5,11-15H2,1-3H3,(H,21,25)/p+1/t16-,18+/m1/s1. The maximum atomic E-state index is 12.9. The Morgan fingerprint density at radius 1 is 1.19 bits per heavy atom. The van der Waals surface area contributed by atoms with Crippen molar-refractivity contribution in [3.05, 3.63) is 35.9 Å². The molecule has 144 valence electrons. The number of benzene rings is 1. The number of piperazine rings is 1. The quantitative estimate of drug-likeness (QED) is 0.763. The molecule has 0 saturated carbocycles. The van der Waals surface area contributed by atoms with Crippen molar-refractivity contribution in [3.63, 3.8) is 0 Å². The maximum Gasteiger partial charge on any atom is 0.408 e. The van der Waals surface area contributed by atoms with Gasteiger partial charge in [0.2, 0.25) is 5.91 Å². The number of rotatable bonds is 7. The van der Waals surface area contributed by atoms with Crippen LogP contribution in [-0.2, 0) is 16.1 Å². The minimum absolute atomic E-state index is 0.00571. The molecule has 0 unspecified atom stereocenters. The van der Waals surface area contributed by atoms with Crippen LogP contribution in [-0.4, -0.2) is 55.7 Å².